The van der Waals surface area contributed by atoms with E-state index < -0.39 is 129 Å². The number of aliphatic hydroxyl groups excluding tert-OH is 8. The number of hydrogen-bond donors (Lipinski definition) is 13. The molecule has 3 unspecified atom stereocenters. The van der Waals surface area contributed by atoms with Gasteiger partial charge in [0.05, 0.1) is 31.4 Å². The Morgan fingerprint density at radius 1 is 0.524 bits per heavy atom. The van der Waals surface area contributed by atoms with Crippen LogP contribution in [0.1, 0.15) is 6.42 Å². The fraction of sp³-hybridized carbons (Fsp3) is 1.00. The van der Waals surface area contributed by atoms with Gasteiger partial charge in [0.25, 0.3) is 0 Å². The molecule has 3 aliphatic heterocycles. The Balaban J connectivity index is 1.50. The van der Waals surface area contributed by atoms with Crippen LogP contribution in [-0.4, -0.2) is 177 Å². The van der Waals surface area contributed by atoms with E-state index in [0.717, 1.165) is 0 Å². The lowest BCUT2D eigenvalue weighted by molar-refractivity contribution is -0.310. The minimum absolute atomic E-state index is 0.0642. The van der Waals surface area contributed by atoms with Crippen molar-refractivity contribution in [2.24, 2.45) is 28.7 Å². The monoisotopic (exact) mass is 615 g/mol. The molecule has 0 amide bonds. The molecule has 4 rings (SSSR count). The molecule has 18 N–H and O–H groups in total. The first-order chi connectivity index (χ1) is 19.8. The predicted molar refractivity (Wildman–Crippen MR) is 136 cm³/mol. The number of ether oxygens (including phenoxy) is 6. The van der Waals surface area contributed by atoms with Gasteiger partial charge in [0.15, 0.2) is 18.9 Å². The second-order valence-corrected chi connectivity index (χ2v) is 11.2. The van der Waals surface area contributed by atoms with Gasteiger partial charge < -0.3 is 97.9 Å². The maximum absolute atomic E-state index is 11.1. The number of rotatable bonds is 9. The van der Waals surface area contributed by atoms with E-state index in [4.69, 9.17) is 57.1 Å². The van der Waals surface area contributed by atoms with E-state index in [-0.39, 0.29) is 13.0 Å². The molecule has 0 aromatic carbocycles. The first kappa shape index (κ1) is 34.1. The van der Waals surface area contributed by atoms with Crippen LogP contribution in [0.3, 0.4) is 0 Å². The van der Waals surface area contributed by atoms with Crippen LogP contribution >= 0.6 is 0 Å². The fourth-order valence-electron chi connectivity index (χ4n) is 5.70. The average molecular weight is 616 g/mol. The van der Waals surface area contributed by atoms with Crippen LogP contribution in [0, 0.1) is 0 Å². The zero-order valence-corrected chi connectivity index (χ0v) is 22.7. The molecule has 0 radical (unpaired) electrons. The topological polar surface area (TPSA) is 347 Å². The summed E-state index contributed by atoms with van der Waals surface area (Å²) in [4.78, 5) is 0. The van der Waals surface area contributed by atoms with Gasteiger partial charge in [0.2, 0.25) is 0 Å². The zero-order chi connectivity index (χ0) is 31.0. The van der Waals surface area contributed by atoms with Gasteiger partial charge >= 0.3 is 0 Å². The summed E-state index contributed by atoms with van der Waals surface area (Å²) < 4.78 is 34.4. The molecule has 0 aromatic rings. The molecule has 3 heterocycles. The minimum atomic E-state index is -1.62. The summed E-state index contributed by atoms with van der Waals surface area (Å²) in [5.41, 5.74) is 29.9. The van der Waals surface area contributed by atoms with Gasteiger partial charge in [-0.2, -0.15) is 0 Å². The maximum atomic E-state index is 11.1. The van der Waals surface area contributed by atoms with Crippen LogP contribution in [0.15, 0.2) is 0 Å². The van der Waals surface area contributed by atoms with Crippen LogP contribution in [0.5, 0.6) is 0 Å². The lowest BCUT2D eigenvalue weighted by Gasteiger charge is -2.47. The van der Waals surface area contributed by atoms with E-state index >= 15 is 0 Å². The number of nitrogens with two attached hydrogens (primary N) is 5. The Labute approximate surface area is 240 Å². The summed E-state index contributed by atoms with van der Waals surface area (Å²) in [6.45, 7) is -1.49. The second-order valence-electron chi connectivity index (χ2n) is 11.2. The number of hydrogen-bond acceptors (Lipinski definition) is 19. The molecule has 0 aromatic heterocycles. The summed E-state index contributed by atoms with van der Waals surface area (Å²) in [5.74, 6) is 0. The third-order valence-corrected chi connectivity index (χ3v) is 8.32. The van der Waals surface area contributed by atoms with Crippen LogP contribution in [-0.2, 0) is 28.4 Å². The highest BCUT2D eigenvalue weighted by Crippen LogP contribution is 2.34. The maximum Gasteiger partial charge on any atom is 0.187 e. The fourth-order valence-corrected chi connectivity index (χ4v) is 5.70. The molecule has 42 heavy (non-hydrogen) atoms. The van der Waals surface area contributed by atoms with Crippen molar-refractivity contribution in [1.29, 1.82) is 0 Å². The summed E-state index contributed by atoms with van der Waals surface area (Å²) in [5, 5.41) is 82.3. The van der Waals surface area contributed by atoms with Crippen LogP contribution in [0.4, 0.5) is 0 Å². The third-order valence-electron chi connectivity index (χ3n) is 8.32. The molecule has 19 nitrogen and oxygen atoms in total. The molecule has 19 heteroatoms. The highest BCUT2D eigenvalue weighted by molar-refractivity contribution is 5.02. The van der Waals surface area contributed by atoms with Crippen molar-refractivity contribution in [3.8, 4) is 0 Å². The van der Waals surface area contributed by atoms with E-state index in [1.165, 1.54) is 0 Å². The van der Waals surface area contributed by atoms with Crippen molar-refractivity contribution in [1.82, 2.24) is 0 Å². The Bertz CT molecular complexity index is 866. The Morgan fingerprint density at radius 2 is 1.00 bits per heavy atom. The van der Waals surface area contributed by atoms with Crippen molar-refractivity contribution in [3.63, 3.8) is 0 Å². The van der Waals surface area contributed by atoms with E-state index in [1.54, 1.807) is 0 Å². The minimum Gasteiger partial charge on any atom is -0.394 e. The normalized spacial score (nSPS) is 53.8. The Morgan fingerprint density at radius 3 is 1.55 bits per heavy atom. The van der Waals surface area contributed by atoms with Crippen LogP contribution in [0.25, 0.3) is 0 Å². The largest absolute Gasteiger partial charge is 0.394 e. The molecule has 246 valence electrons. The van der Waals surface area contributed by atoms with Gasteiger partial charge in [0, 0.05) is 18.6 Å². The molecular formula is C23H45N5O14. The Kier molecular flexibility index (Phi) is 11.5. The van der Waals surface area contributed by atoms with E-state index in [2.05, 4.69) is 0 Å². The van der Waals surface area contributed by atoms with Gasteiger partial charge in [-0.15, -0.1) is 0 Å². The molecule has 1 aliphatic carbocycles. The van der Waals surface area contributed by atoms with Gasteiger partial charge in [0.1, 0.15) is 67.1 Å². The molecule has 0 bridgehead atoms. The SMILES string of the molecule is NC[C@@H]1OC(O[C@H]2[C@H](O)C(O[C@H]3[C@@H](O)[C@H](N)C[C@H](N)[C@H]3OC3O[C@H](CO)[C@@H](O)[C@@H](O)[C@H]3N)O[C@@H]2CO)[C@@H](N)[C@@H](O)[C@@H]1O. The smallest absolute Gasteiger partial charge is 0.187 e. The van der Waals surface area contributed by atoms with Gasteiger partial charge in [-0.3, -0.25) is 0 Å². The van der Waals surface area contributed by atoms with Crippen molar-refractivity contribution in [3.05, 3.63) is 0 Å². The lowest BCUT2D eigenvalue weighted by atomic mass is 9.84. The third kappa shape index (κ3) is 6.60. The van der Waals surface area contributed by atoms with E-state index in [9.17, 15) is 40.9 Å². The van der Waals surface area contributed by atoms with Gasteiger partial charge in [-0.05, 0) is 6.42 Å². The van der Waals surface area contributed by atoms with Crippen LogP contribution < -0.4 is 28.7 Å². The highest BCUT2D eigenvalue weighted by atomic mass is 16.8. The molecule has 3 saturated heterocycles. The first-order valence-corrected chi connectivity index (χ1v) is 13.8. The second kappa shape index (κ2) is 14.1. The molecular weight excluding hydrogens is 570 g/mol. The zero-order valence-electron chi connectivity index (χ0n) is 22.7. The summed E-state index contributed by atoms with van der Waals surface area (Å²) >= 11 is 0. The quantitative estimate of drug-likeness (QED) is 0.114. The molecule has 0 spiro atoms. The standard InChI is InChI=1S/C23H45N5O14/c24-2-7-13(32)15(34)10(27)21(37-7)41-19-9(4-30)39-23(17(19)36)42-20-12(31)5(25)1-6(26)18(20)40-22-11(28)16(35)14(33)8(3-29)38-22/h5-23,29-36H,1-4,24-28H2/t5-,6+,7+,8-,9-,10+,11-,12+,13-,14-,15-,16+,17+,18-,19-,20+,21?,22?,23?/m1/s1. The molecule has 4 fully saturated rings. The van der Waals surface area contributed by atoms with Crippen molar-refractivity contribution < 1.29 is 69.3 Å². The first-order valence-electron chi connectivity index (χ1n) is 13.8. The number of aliphatic hydroxyl groups is 8. The van der Waals surface area contributed by atoms with E-state index in [0.29, 0.717) is 0 Å². The molecule has 19 atom stereocenters. The van der Waals surface area contributed by atoms with Crippen molar-refractivity contribution in [2.75, 3.05) is 19.8 Å². The summed E-state index contributed by atoms with van der Waals surface area (Å²) in [6, 6.07) is -4.30. The van der Waals surface area contributed by atoms with Crippen molar-refractivity contribution in [2.45, 2.75) is 123 Å². The van der Waals surface area contributed by atoms with Crippen LogP contribution in [0.2, 0.25) is 0 Å². The average Bonchev–Trinajstić information content (AvgIpc) is 3.27. The van der Waals surface area contributed by atoms with Gasteiger partial charge in [-0.25, -0.2) is 0 Å². The summed E-state index contributed by atoms with van der Waals surface area (Å²) in [6.07, 6.45) is -20.5. The Hall–Kier alpha value is -0.760. The highest BCUT2D eigenvalue weighted by Gasteiger charge is 2.54. The lowest BCUT2D eigenvalue weighted by Crippen LogP contribution is -2.68. The van der Waals surface area contributed by atoms with Gasteiger partial charge in [-0.1, -0.05) is 0 Å². The predicted octanol–water partition coefficient (Wildman–Crippen LogP) is -8.86. The summed E-state index contributed by atoms with van der Waals surface area (Å²) in [7, 11) is 0. The molecule has 4 aliphatic rings. The van der Waals surface area contributed by atoms with Crippen molar-refractivity contribution >= 4 is 0 Å². The molecule has 1 saturated carbocycles. The van der Waals surface area contributed by atoms with E-state index in [1.807, 2.05) is 0 Å².